The first-order valence-corrected chi connectivity index (χ1v) is 11.3. The molecule has 0 saturated carbocycles. The van der Waals surface area contributed by atoms with E-state index in [1.54, 1.807) is 12.1 Å². The van der Waals surface area contributed by atoms with Crippen molar-refractivity contribution in [3.8, 4) is 17.2 Å². The summed E-state index contributed by atoms with van der Waals surface area (Å²) in [5.74, 6) is -1.18. The molecule has 0 radical (unpaired) electrons. The van der Waals surface area contributed by atoms with E-state index in [1.807, 2.05) is 0 Å². The molecular formula is C24H16FN3O8S. The number of imide groups is 1. The highest BCUT2D eigenvalue weighted by Crippen LogP contribution is 2.42. The Balaban J connectivity index is 1.69. The molecule has 3 aromatic rings. The van der Waals surface area contributed by atoms with Crippen LogP contribution in [0.1, 0.15) is 11.1 Å². The van der Waals surface area contributed by atoms with E-state index in [2.05, 4.69) is 0 Å². The lowest BCUT2D eigenvalue weighted by Gasteiger charge is -2.14. The van der Waals surface area contributed by atoms with Crippen molar-refractivity contribution < 1.29 is 33.3 Å². The largest absolute Gasteiger partial charge is 0.493 e. The standard InChI is InChI=1S/C24H16FN3O8S/c1-35-20-4-2-3-15(22(20)36-19-10-9-17(27(31)32)12-18(19)28(33)34)11-21-23(29)26(24(30)37-21)13-14-5-7-16(25)8-6-14/h2-12H,13H2,1H3/b21-11-. The van der Waals surface area contributed by atoms with Crippen LogP contribution in [0.3, 0.4) is 0 Å². The van der Waals surface area contributed by atoms with Crippen LogP contribution in [0.2, 0.25) is 0 Å². The molecule has 0 atom stereocenters. The zero-order valence-electron chi connectivity index (χ0n) is 19.0. The lowest BCUT2D eigenvalue weighted by atomic mass is 10.1. The number of non-ortho nitro benzene ring substituents is 1. The number of carbonyl (C=O) groups is 2. The number of rotatable bonds is 8. The molecule has 0 N–H and O–H groups in total. The first kappa shape index (κ1) is 25.3. The minimum Gasteiger partial charge on any atom is -0.493 e. The number of carbonyl (C=O) groups excluding carboxylic acids is 2. The number of ether oxygens (including phenoxy) is 2. The van der Waals surface area contributed by atoms with Crippen molar-refractivity contribution in [2.24, 2.45) is 0 Å². The SMILES string of the molecule is COc1cccc(/C=C2\SC(=O)N(Cc3ccc(F)cc3)C2=O)c1Oc1ccc([N+](=O)[O-])cc1[N+](=O)[O-]. The van der Waals surface area contributed by atoms with Crippen LogP contribution in [0.25, 0.3) is 6.08 Å². The highest BCUT2D eigenvalue weighted by molar-refractivity contribution is 8.18. The minimum absolute atomic E-state index is 0.00714. The van der Waals surface area contributed by atoms with Gasteiger partial charge in [0.15, 0.2) is 11.5 Å². The van der Waals surface area contributed by atoms with Gasteiger partial charge in [0.2, 0.25) is 5.75 Å². The number of hydrogen-bond acceptors (Lipinski definition) is 9. The number of nitro groups is 2. The van der Waals surface area contributed by atoms with Crippen LogP contribution in [0.15, 0.2) is 65.6 Å². The fraction of sp³-hybridized carbons (Fsp3) is 0.0833. The van der Waals surface area contributed by atoms with Crippen molar-refractivity contribution in [1.29, 1.82) is 0 Å². The van der Waals surface area contributed by atoms with Gasteiger partial charge in [-0.25, -0.2) is 4.39 Å². The summed E-state index contributed by atoms with van der Waals surface area (Å²) in [5.41, 5.74) is -0.320. The van der Waals surface area contributed by atoms with Gasteiger partial charge >= 0.3 is 5.69 Å². The molecule has 1 fully saturated rings. The molecule has 1 aliphatic heterocycles. The summed E-state index contributed by atoms with van der Waals surface area (Å²) in [6, 6.07) is 12.9. The Labute approximate surface area is 212 Å². The first-order chi connectivity index (χ1) is 17.7. The Morgan fingerprint density at radius 3 is 2.38 bits per heavy atom. The summed E-state index contributed by atoms with van der Waals surface area (Å²) >= 11 is 0.686. The molecule has 0 bridgehead atoms. The highest BCUT2D eigenvalue weighted by atomic mass is 32.2. The molecule has 11 nitrogen and oxygen atoms in total. The lowest BCUT2D eigenvalue weighted by molar-refractivity contribution is -0.394. The number of para-hydroxylation sites is 1. The quantitative estimate of drug-likeness (QED) is 0.206. The number of nitro benzene ring substituents is 2. The molecule has 2 amide bonds. The van der Waals surface area contributed by atoms with Crippen LogP contribution in [-0.2, 0) is 11.3 Å². The predicted octanol–water partition coefficient (Wildman–Crippen LogP) is 5.68. The van der Waals surface area contributed by atoms with E-state index in [0.717, 1.165) is 23.1 Å². The summed E-state index contributed by atoms with van der Waals surface area (Å²) in [6.07, 6.45) is 1.38. The van der Waals surface area contributed by atoms with Crippen molar-refractivity contribution in [2.75, 3.05) is 7.11 Å². The van der Waals surface area contributed by atoms with E-state index in [1.165, 1.54) is 43.5 Å². The van der Waals surface area contributed by atoms with Crippen LogP contribution < -0.4 is 9.47 Å². The summed E-state index contributed by atoms with van der Waals surface area (Å²) in [5, 5.41) is 22.0. The molecule has 4 rings (SSSR count). The molecule has 0 spiro atoms. The Morgan fingerprint density at radius 2 is 1.73 bits per heavy atom. The summed E-state index contributed by atoms with van der Waals surface area (Å²) in [4.78, 5) is 47.6. The topological polar surface area (TPSA) is 142 Å². The van der Waals surface area contributed by atoms with Gasteiger partial charge in [-0.15, -0.1) is 0 Å². The van der Waals surface area contributed by atoms with Crippen molar-refractivity contribution in [3.05, 3.63) is 103 Å². The predicted molar refractivity (Wildman–Crippen MR) is 131 cm³/mol. The van der Waals surface area contributed by atoms with E-state index in [0.29, 0.717) is 17.3 Å². The number of thioether (sulfide) groups is 1. The summed E-state index contributed by atoms with van der Waals surface area (Å²) in [6.45, 7) is -0.0568. The van der Waals surface area contributed by atoms with Gasteiger partial charge in [-0.2, -0.15) is 0 Å². The molecule has 1 saturated heterocycles. The zero-order valence-corrected chi connectivity index (χ0v) is 19.8. The van der Waals surface area contributed by atoms with Crippen LogP contribution in [0.5, 0.6) is 17.2 Å². The number of halogens is 1. The molecule has 1 heterocycles. The van der Waals surface area contributed by atoms with E-state index < -0.39 is 38.2 Å². The maximum Gasteiger partial charge on any atom is 0.318 e. The number of nitrogens with zero attached hydrogens (tertiary/aromatic N) is 3. The average Bonchev–Trinajstić information content (AvgIpc) is 3.13. The Kier molecular flexibility index (Phi) is 7.15. The number of benzene rings is 3. The van der Waals surface area contributed by atoms with Crippen molar-refractivity contribution in [3.63, 3.8) is 0 Å². The van der Waals surface area contributed by atoms with Gasteiger partial charge in [-0.3, -0.25) is 34.7 Å². The second-order valence-electron chi connectivity index (χ2n) is 7.54. The monoisotopic (exact) mass is 525 g/mol. The molecule has 0 unspecified atom stereocenters. The normalized spacial score (nSPS) is 14.2. The number of amides is 2. The second kappa shape index (κ2) is 10.5. The third-order valence-corrected chi connectivity index (χ3v) is 6.11. The third kappa shape index (κ3) is 5.41. The Morgan fingerprint density at radius 1 is 1.00 bits per heavy atom. The van der Waals surface area contributed by atoms with Crippen molar-refractivity contribution in [2.45, 2.75) is 6.54 Å². The molecular weight excluding hydrogens is 509 g/mol. The molecule has 37 heavy (non-hydrogen) atoms. The molecule has 0 aromatic heterocycles. The van der Waals surface area contributed by atoms with Gasteiger partial charge in [0.1, 0.15) is 5.82 Å². The molecule has 13 heteroatoms. The van der Waals surface area contributed by atoms with Gasteiger partial charge in [-0.1, -0.05) is 24.3 Å². The van der Waals surface area contributed by atoms with Gasteiger partial charge in [-0.05, 0) is 47.7 Å². The average molecular weight is 525 g/mol. The maximum atomic E-state index is 13.2. The van der Waals surface area contributed by atoms with Crippen LogP contribution in [0, 0.1) is 26.0 Å². The highest BCUT2D eigenvalue weighted by Gasteiger charge is 2.35. The number of hydrogen-bond donors (Lipinski definition) is 0. The van der Waals surface area contributed by atoms with E-state index in [-0.39, 0.29) is 34.3 Å². The van der Waals surface area contributed by atoms with Gasteiger partial charge in [0, 0.05) is 11.6 Å². The number of methoxy groups -OCH3 is 1. The van der Waals surface area contributed by atoms with Crippen molar-refractivity contribution in [1.82, 2.24) is 4.90 Å². The summed E-state index contributed by atoms with van der Waals surface area (Å²) in [7, 11) is 1.34. The minimum atomic E-state index is -0.821. The Hall–Kier alpha value is -4.78. The van der Waals surface area contributed by atoms with Crippen LogP contribution >= 0.6 is 11.8 Å². The molecule has 188 valence electrons. The van der Waals surface area contributed by atoms with Gasteiger partial charge in [0.05, 0.1) is 34.5 Å². The van der Waals surface area contributed by atoms with Gasteiger partial charge < -0.3 is 9.47 Å². The Bertz CT molecular complexity index is 1460. The summed E-state index contributed by atoms with van der Waals surface area (Å²) < 4.78 is 24.3. The molecule has 3 aromatic carbocycles. The maximum absolute atomic E-state index is 13.2. The third-order valence-electron chi connectivity index (χ3n) is 5.21. The molecule has 0 aliphatic carbocycles. The first-order valence-electron chi connectivity index (χ1n) is 10.5. The van der Waals surface area contributed by atoms with E-state index in [9.17, 15) is 34.2 Å². The fourth-order valence-electron chi connectivity index (χ4n) is 3.42. The van der Waals surface area contributed by atoms with Crippen molar-refractivity contribution >= 4 is 40.4 Å². The van der Waals surface area contributed by atoms with Gasteiger partial charge in [0.25, 0.3) is 16.8 Å². The van der Waals surface area contributed by atoms with E-state index >= 15 is 0 Å². The second-order valence-corrected chi connectivity index (χ2v) is 8.53. The molecule has 1 aliphatic rings. The van der Waals surface area contributed by atoms with E-state index in [4.69, 9.17) is 9.47 Å². The van der Waals surface area contributed by atoms with Crippen LogP contribution in [-0.4, -0.2) is 33.0 Å². The van der Waals surface area contributed by atoms with Crippen LogP contribution in [0.4, 0.5) is 20.6 Å². The smallest absolute Gasteiger partial charge is 0.318 e. The zero-order chi connectivity index (χ0) is 26.7. The fourth-order valence-corrected chi connectivity index (χ4v) is 4.25. The lowest BCUT2D eigenvalue weighted by Crippen LogP contribution is -2.27.